The zero-order valence-corrected chi connectivity index (χ0v) is 21.2. The van der Waals surface area contributed by atoms with E-state index in [4.69, 9.17) is 9.47 Å². The number of likely N-dealkylation sites (N-methyl/N-ethyl adjacent to an activating group) is 1. The van der Waals surface area contributed by atoms with Gasteiger partial charge in [-0.25, -0.2) is 4.79 Å². The summed E-state index contributed by atoms with van der Waals surface area (Å²) in [5.41, 5.74) is -0.276. The molecule has 0 saturated carbocycles. The normalized spacial score (nSPS) is 32.1. The van der Waals surface area contributed by atoms with Crippen molar-refractivity contribution in [1.82, 2.24) is 10.2 Å². The van der Waals surface area contributed by atoms with Crippen LogP contribution in [0.2, 0.25) is 0 Å². The van der Waals surface area contributed by atoms with Gasteiger partial charge < -0.3 is 30.1 Å². The molecule has 2 aliphatic rings. The summed E-state index contributed by atoms with van der Waals surface area (Å²) >= 11 is 1.17. The average Bonchev–Trinajstić information content (AvgIpc) is 3.21. The first kappa shape index (κ1) is 27.7. The van der Waals surface area contributed by atoms with Crippen LogP contribution in [0.25, 0.3) is 0 Å². The molecule has 10 nitrogen and oxygen atoms in total. The van der Waals surface area contributed by atoms with Crippen molar-refractivity contribution in [2.24, 2.45) is 5.92 Å². The Morgan fingerprint density at radius 3 is 2.57 bits per heavy atom. The zero-order valence-electron chi connectivity index (χ0n) is 20.4. The fourth-order valence-electron chi connectivity index (χ4n) is 4.77. The molecular weight excluding hydrogens is 474 g/mol. The number of thioether (sulfide) groups is 1. The van der Waals surface area contributed by atoms with Gasteiger partial charge in [0.15, 0.2) is 0 Å². The molecule has 0 radical (unpaired) electrons. The number of aliphatic hydroxyl groups excluding tert-OH is 3. The maximum atomic E-state index is 13.2. The first-order valence-electron chi connectivity index (χ1n) is 12.0. The topological polar surface area (TPSA) is 141 Å². The SMILES string of the molecule is CCC[C@@H]1C[C@@H](C(=O)N[C@H](COC(=O)Nc2ccccc2)[C@H]2OC(SC)[C@H](O)C(O)C2O)N(C)C1. The first-order chi connectivity index (χ1) is 16.7. The third-order valence-corrected chi connectivity index (χ3v) is 7.47. The van der Waals surface area contributed by atoms with Crippen LogP contribution < -0.4 is 10.6 Å². The molecule has 0 aromatic heterocycles. The van der Waals surface area contributed by atoms with Crippen molar-refractivity contribution in [1.29, 1.82) is 0 Å². The molecular formula is C24H37N3O7S. The second-order valence-corrected chi connectivity index (χ2v) is 10.2. The Labute approximate surface area is 210 Å². The standard InChI is InChI=1S/C24H37N3O7S/c1-4-8-14-11-17(27(2)12-14)22(31)26-16(13-33-24(32)25-15-9-6-5-7-10-15)21-19(29)18(28)20(30)23(34-21)35-3/h5-7,9-10,14,16-21,23,28-30H,4,8,11-13H2,1-3H3,(H,25,32)(H,26,31)/t14-,16-,17+,18?,19?,20-,21-,23?/m1/s1. The van der Waals surface area contributed by atoms with Gasteiger partial charge in [0.05, 0.1) is 12.1 Å². The van der Waals surface area contributed by atoms with E-state index in [-0.39, 0.29) is 18.6 Å². The molecule has 1 aromatic rings. The van der Waals surface area contributed by atoms with Crippen molar-refractivity contribution in [2.45, 2.75) is 68.1 Å². The summed E-state index contributed by atoms with van der Waals surface area (Å²) in [6, 6.07) is 7.45. The Bertz CT molecular complexity index is 831. The third kappa shape index (κ3) is 7.08. The van der Waals surface area contributed by atoms with Crippen LogP contribution in [0.4, 0.5) is 10.5 Å². The summed E-state index contributed by atoms with van der Waals surface area (Å²) in [7, 11) is 1.90. The molecule has 0 bridgehead atoms. The van der Waals surface area contributed by atoms with Gasteiger partial charge in [0.25, 0.3) is 0 Å². The Morgan fingerprint density at radius 1 is 1.20 bits per heavy atom. The van der Waals surface area contributed by atoms with Crippen LogP contribution in [0.15, 0.2) is 30.3 Å². The van der Waals surface area contributed by atoms with E-state index in [2.05, 4.69) is 17.6 Å². The van der Waals surface area contributed by atoms with Gasteiger partial charge in [-0.2, -0.15) is 0 Å². The van der Waals surface area contributed by atoms with Crippen molar-refractivity contribution >= 4 is 29.4 Å². The summed E-state index contributed by atoms with van der Waals surface area (Å²) in [5, 5.41) is 36.8. The molecule has 196 valence electrons. The van der Waals surface area contributed by atoms with Gasteiger partial charge in [0.2, 0.25) is 5.91 Å². The van der Waals surface area contributed by atoms with Crippen LogP contribution in [-0.2, 0) is 14.3 Å². The van der Waals surface area contributed by atoms with Crippen molar-refractivity contribution in [3.8, 4) is 0 Å². The van der Waals surface area contributed by atoms with E-state index in [0.717, 1.165) is 19.4 Å². The molecule has 2 aliphatic heterocycles. The molecule has 2 saturated heterocycles. The summed E-state index contributed by atoms with van der Waals surface area (Å²) in [5.74, 6) is 0.154. The van der Waals surface area contributed by atoms with E-state index in [9.17, 15) is 24.9 Å². The molecule has 3 unspecified atom stereocenters. The second-order valence-electron chi connectivity index (χ2n) is 9.23. The lowest BCUT2D eigenvalue weighted by Gasteiger charge is -2.43. The highest BCUT2D eigenvalue weighted by Gasteiger charge is 2.47. The highest BCUT2D eigenvalue weighted by Crippen LogP contribution is 2.30. The highest BCUT2D eigenvalue weighted by atomic mass is 32.2. The second kappa shape index (κ2) is 12.9. The lowest BCUT2D eigenvalue weighted by Crippen LogP contribution is -2.64. The Kier molecular flexibility index (Phi) is 10.2. The Balaban J connectivity index is 1.72. The molecule has 0 spiro atoms. The van der Waals surface area contributed by atoms with E-state index in [1.54, 1.807) is 30.5 Å². The lowest BCUT2D eigenvalue weighted by molar-refractivity contribution is -0.207. The van der Waals surface area contributed by atoms with Crippen LogP contribution in [0.1, 0.15) is 26.2 Å². The molecule has 0 aliphatic carbocycles. The van der Waals surface area contributed by atoms with E-state index >= 15 is 0 Å². The number of hydrogen-bond acceptors (Lipinski definition) is 9. The molecule has 3 rings (SSSR count). The molecule has 2 heterocycles. The monoisotopic (exact) mass is 511 g/mol. The molecule has 8 atom stereocenters. The van der Waals surface area contributed by atoms with Gasteiger partial charge in [-0.05, 0) is 44.2 Å². The Hall–Kier alpha value is -1.89. The van der Waals surface area contributed by atoms with Crippen LogP contribution in [0, 0.1) is 5.92 Å². The molecule has 35 heavy (non-hydrogen) atoms. The van der Waals surface area contributed by atoms with Crippen LogP contribution >= 0.6 is 11.8 Å². The number of ether oxygens (including phenoxy) is 2. The fourth-order valence-corrected chi connectivity index (χ4v) is 5.45. The van der Waals surface area contributed by atoms with Crippen molar-refractivity contribution in [2.75, 3.05) is 31.8 Å². The number of amides is 2. The number of anilines is 1. The maximum Gasteiger partial charge on any atom is 0.411 e. The molecule has 5 N–H and O–H groups in total. The number of carbonyl (C=O) groups excluding carboxylic acids is 2. The summed E-state index contributed by atoms with van der Waals surface area (Å²) < 4.78 is 11.2. The first-order valence-corrected chi connectivity index (χ1v) is 13.3. The number of carbonyl (C=O) groups is 2. The minimum atomic E-state index is -1.49. The van der Waals surface area contributed by atoms with E-state index < -0.39 is 42.0 Å². The molecule has 2 amide bonds. The predicted octanol–water partition coefficient (Wildman–Crippen LogP) is 1.01. The summed E-state index contributed by atoms with van der Waals surface area (Å²) in [4.78, 5) is 27.6. The largest absolute Gasteiger partial charge is 0.447 e. The molecule has 2 fully saturated rings. The third-order valence-electron chi connectivity index (χ3n) is 6.61. The minimum Gasteiger partial charge on any atom is -0.447 e. The lowest BCUT2D eigenvalue weighted by atomic mass is 9.94. The quantitative estimate of drug-likeness (QED) is 0.328. The number of para-hydroxylation sites is 1. The number of likely N-dealkylation sites (tertiary alicyclic amines) is 1. The van der Waals surface area contributed by atoms with Gasteiger partial charge in [0.1, 0.15) is 36.5 Å². The van der Waals surface area contributed by atoms with Gasteiger partial charge in [0, 0.05) is 12.2 Å². The van der Waals surface area contributed by atoms with Gasteiger partial charge in [-0.3, -0.25) is 15.0 Å². The zero-order chi connectivity index (χ0) is 25.5. The number of hydrogen-bond donors (Lipinski definition) is 5. The molecule has 1 aromatic carbocycles. The van der Waals surface area contributed by atoms with E-state index in [1.165, 1.54) is 11.8 Å². The minimum absolute atomic E-state index is 0.264. The number of nitrogens with zero attached hydrogens (tertiary/aromatic N) is 1. The van der Waals surface area contributed by atoms with E-state index in [1.807, 2.05) is 18.0 Å². The fraction of sp³-hybridized carbons (Fsp3) is 0.667. The summed E-state index contributed by atoms with van der Waals surface area (Å²) in [6.07, 6.45) is -1.62. The van der Waals surface area contributed by atoms with Crippen molar-refractivity contribution in [3.63, 3.8) is 0 Å². The summed E-state index contributed by atoms with van der Waals surface area (Å²) in [6.45, 7) is 2.63. The average molecular weight is 512 g/mol. The van der Waals surface area contributed by atoms with Gasteiger partial charge >= 0.3 is 6.09 Å². The number of benzene rings is 1. The maximum absolute atomic E-state index is 13.2. The van der Waals surface area contributed by atoms with Gasteiger partial charge in [-0.15, -0.1) is 11.8 Å². The van der Waals surface area contributed by atoms with Crippen molar-refractivity contribution < 1.29 is 34.4 Å². The Morgan fingerprint density at radius 2 is 1.91 bits per heavy atom. The number of aliphatic hydroxyl groups is 3. The number of nitrogens with one attached hydrogen (secondary N) is 2. The number of rotatable bonds is 9. The van der Waals surface area contributed by atoms with Crippen LogP contribution in [-0.4, -0.2) is 101 Å². The van der Waals surface area contributed by atoms with Crippen LogP contribution in [0.5, 0.6) is 0 Å². The predicted molar refractivity (Wildman–Crippen MR) is 133 cm³/mol. The van der Waals surface area contributed by atoms with Crippen LogP contribution in [0.3, 0.4) is 0 Å². The van der Waals surface area contributed by atoms with Gasteiger partial charge in [-0.1, -0.05) is 31.5 Å². The van der Waals surface area contributed by atoms with Crippen molar-refractivity contribution in [3.05, 3.63) is 30.3 Å². The smallest absolute Gasteiger partial charge is 0.411 e. The highest BCUT2D eigenvalue weighted by molar-refractivity contribution is 7.99. The van der Waals surface area contributed by atoms with E-state index in [0.29, 0.717) is 18.0 Å². The molecule has 11 heteroatoms.